The molecule has 1 atom stereocenters. The number of aryl methyl sites for hydroxylation is 1. The molecular weight excluding hydrogens is 396 g/mol. The highest BCUT2D eigenvalue weighted by Gasteiger charge is 2.37. The molecule has 1 aliphatic carbocycles. The van der Waals surface area contributed by atoms with Crippen LogP contribution in [-0.2, 0) is 24.1 Å². The lowest BCUT2D eigenvalue weighted by atomic mass is 9.86. The summed E-state index contributed by atoms with van der Waals surface area (Å²) in [7, 11) is -1.95. The maximum Gasteiger partial charge on any atom is 0.200 e. The lowest BCUT2D eigenvalue weighted by Crippen LogP contribution is -2.27. The number of hydrogen-bond acceptors (Lipinski definition) is 7. The Morgan fingerprint density at radius 2 is 1.97 bits per heavy atom. The number of aliphatic hydroxyl groups is 1. The van der Waals surface area contributed by atoms with Gasteiger partial charge in [-0.25, -0.2) is 8.42 Å². The van der Waals surface area contributed by atoms with Crippen LogP contribution < -0.4 is 0 Å². The fourth-order valence-corrected chi connectivity index (χ4v) is 6.02. The van der Waals surface area contributed by atoms with Crippen molar-refractivity contribution in [1.82, 2.24) is 0 Å². The minimum atomic E-state index is -3.50. The van der Waals surface area contributed by atoms with Gasteiger partial charge in [0.2, 0.25) is 0 Å². The summed E-state index contributed by atoms with van der Waals surface area (Å²) in [6.45, 7) is 3.97. The number of Topliss-reactive ketones (excluding diaryl/α,β-unsaturated/α-hetero) is 2. The van der Waals surface area contributed by atoms with Gasteiger partial charge in [-0.3, -0.25) is 9.59 Å². The molecule has 1 unspecified atom stereocenters. The van der Waals surface area contributed by atoms with Crippen molar-refractivity contribution in [3.05, 3.63) is 39.7 Å². The molecule has 0 spiro atoms. The molecule has 8 heteroatoms. The van der Waals surface area contributed by atoms with Crippen molar-refractivity contribution in [1.29, 1.82) is 0 Å². The second-order valence-corrected chi connectivity index (χ2v) is 9.54. The van der Waals surface area contributed by atoms with E-state index in [-0.39, 0.29) is 52.6 Å². The van der Waals surface area contributed by atoms with Crippen LogP contribution in [0.25, 0.3) is 0 Å². The first-order chi connectivity index (χ1) is 13.7. The molecule has 0 bridgehead atoms. The monoisotopic (exact) mass is 422 g/mol. The van der Waals surface area contributed by atoms with E-state index in [1.807, 2.05) is 0 Å². The van der Waals surface area contributed by atoms with Gasteiger partial charge in [-0.2, -0.15) is 0 Å². The van der Waals surface area contributed by atoms with Crippen LogP contribution in [0, 0.1) is 13.8 Å². The van der Waals surface area contributed by atoms with Gasteiger partial charge < -0.3 is 14.6 Å². The van der Waals surface area contributed by atoms with Gasteiger partial charge in [0.15, 0.2) is 21.4 Å². The topological polar surface area (TPSA) is 107 Å². The third-order valence-corrected chi connectivity index (χ3v) is 7.45. The molecule has 1 aromatic rings. The zero-order valence-electron chi connectivity index (χ0n) is 16.9. The summed E-state index contributed by atoms with van der Waals surface area (Å²) >= 11 is 0. The Hall–Kier alpha value is -2.03. The first-order valence-electron chi connectivity index (χ1n) is 9.66. The Morgan fingerprint density at radius 1 is 1.24 bits per heavy atom. The zero-order chi connectivity index (χ0) is 21.3. The van der Waals surface area contributed by atoms with Gasteiger partial charge in [-0.15, -0.1) is 0 Å². The lowest BCUT2D eigenvalue weighted by Gasteiger charge is -2.30. The zero-order valence-corrected chi connectivity index (χ0v) is 17.7. The van der Waals surface area contributed by atoms with E-state index < -0.39 is 21.7 Å². The largest absolute Gasteiger partial charge is 0.511 e. The average Bonchev–Trinajstić information content (AvgIpc) is 2.65. The van der Waals surface area contributed by atoms with Crippen molar-refractivity contribution in [3.8, 4) is 0 Å². The summed E-state index contributed by atoms with van der Waals surface area (Å²) < 4.78 is 36.4. The van der Waals surface area contributed by atoms with Crippen LogP contribution in [-0.4, -0.2) is 51.2 Å². The number of fused-ring (bicyclic) bond motifs is 1. The first-order valence-corrected chi connectivity index (χ1v) is 11.3. The van der Waals surface area contributed by atoms with E-state index in [1.54, 1.807) is 21.0 Å². The standard InChI is InChI=1S/C21H26O7S/c1-12-11-14(20(24)19-15(22)5-4-6-16(19)23)13(2)18-17(28-9-8-27-3)7-10-29(25,26)21(12)18/h11,17,22H,4-10H2,1-3H3. The molecule has 1 heterocycles. The minimum Gasteiger partial charge on any atom is -0.511 e. The van der Waals surface area contributed by atoms with Crippen molar-refractivity contribution in [2.75, 3.05) is 26.1 Å². The predicted molar refractivity (Wildman–Crippen MR) is 106 cm³/mol. The number of carbonyl (C=O) groups is 2. The van der Waals surface area contributed by atoms with Crippen LogP contribution in [0.1, 0.15) is 58.8 Å². The number of hydrogen-bond donors (Lipinski definition) is 1. The summed E-state index contributed by atoms with van der Waals surface area (Å²) in [5.41, 5.74) is 1.43. The molecule has 29 heavy (non-hydrogen) atoms. The number of ketones is 2. The van der Waals surface area contributed by atoms with Gasteiger partial charge in [0.05, 0.1) is 30.0 Å². The van der Waals surface area contributed by atoms with E-state index in [0.717, 1.165) is 0 Å². The van der Waals surface area contributed by atoms with Gasteiger partial charge in [0.1, 0.15) is 11.3 Å². The van der Waals surface area contributed by atoms with Crippen molar-refractivity contribution < 1.29 is 32.6 Å². The third-order valence-electron chi connectivity index (χ3n) is 5.52. The Labute approximate surface area is 170 Å². The Balaban J connectivity index is 2.15. The van der Waals surface area contributed by atoms with E-state index in [1.165, 1.54) is 6.07 Å². The van der Waals surface area contributed by atoms with Crippen LogP contribution in [0.4, 0.5) is 0 Å². The minimum absolute atomic E-state index is 0.0321. The summed E-state index contributed by atoms with van der Waals surface area (Å²) in [5, 5.41) is 10.2. The maximum absolute atomic E-state index is 13.2. The van der Waals surface area contributed by atoms with Crippen LogP contribution in [0.3, 0.4) is 0 Å². The number of benzene rings is 1. The number of methoxy groups -OCH3 is 1. The van der Waals surface area contributed by atoms with Gasteiger partial charge in [-0.1, -0.05) is 0 Å². The number of ether oxygens (including phenoxy) is 2. The lowest BCUT2D eigenvalue weighted by molar-refractivity contribution is -0.116. The molecule has 7 nitrogen and oxygen atoms in total. The molecule has 0 aromatic heterocycles. The molecular formula is C21H26O7S. The molecule has 3 rings (SSSR count). The Bertz CT molecular complexity index is 989. The molecule has 1 N–H and O–H groups in total. The van der Waals surface area contributed by atoms with Crippen molar-refractivity contribution >= 4 is 21.4 Å². The number of aliphatic hydroxyl groups excluding tert-OH is 1. The Morgan fingerprint density at radius 3 is 2.62 bits per heavy atom. The fraction of sp³-hybridized carbons (Fsp3) is 0.524. The van der Waals surface area contributed by atoms with E-state index >= 15 is 0 Å². The van der Waals surface area contributed by atoms with Crippen LogP contribution in [0.2, 0.25) is 0 Å². The number of carbonyl (C=O) groups excluding carboxylic acids is 2. The van der Waals surface area contributed by atoms with Crippen molar-refractivity contribution in [2.45, 2.75) is 50.5 Å². The molecule has 0 amide bonds. The van der Waals surface area contributed by atoms with Crippen LogP contribution in [0.5, 0.6) is 0 Å². The first kappa shape index (κ1) is 21.7. The summed E-state index contributed by atoms with van der Waals surface area (Å²) in [5.74, 6) is -1.17. The smallest absolute Gasteiger partial charge is 0.200 e. The van der Waals surface area contributed by atoms with E-state index in [9.17, 15) is 23.1 Å². The number of rotatable bonds is 6. The predicted octanol–water partition coefficient (Wildman–Crippen LogP) is 2.93. The van der Waals surface area contributed by atoms with Crippen molar-refractivity contribution in [3.63, 3.8) is 0 Å². The second-order valence-electron chi connectivity index (χ2n) is 7.50. The van der Waals surface area contributed by atoms with Gasteiger partial charge in [0.25, 0.3) is 0 Å². The SMILES string of the molecule is COCCOC1CCS(=O)(=O)c2c(C)cc(C(=O)C3=C(O)CCCC3=O)c(C)c21. The quantitative estimate of drug-likeness (QED) is 0.427. The fourth-order valence-electron chi connectivity index (χ4n) is 4.12. The third kappa shape index (κ3) is 4.01. The summed E-state index contributed by atoms with van der Waals surface area (Å²) in [6, 6.07) is 1.51. The molecule has 2 aliphatic rings. The van der Waals surface area contributed by atoms with E-state index in [0.29, 0.717) is 36.3 Å². The average molecular weight is 422 g/mol. The molecule has 0 fully saturated rings. The molecule has 1 aromatic carbocycles. The van der Waals surface area contributed by atoms with Crippen molar-refractivity contribution in [2.24, 2.45) is 0 Å². The van der Waals surface area contributed by atoms with E-state index in [4.69, 9.17) is 9.47 Å². The van der Waals surface area contributed by atoms with Gasteiger partial charge in [-0.05, 0) is 43.9 Å². The van der Waals surface area contributed by atoms with Gasteiger partial charge in [0, 0.05) is 31.1 Å². The van der Waals surface area contributed by atoms with Crippen LogP contribution in [0.15, 0.2) is 22.3 Å². The Kier molecular flexibility index (Phi) is 6.26. The highest BCUT2D eigenvalue weighted by Crippen LogP contribution is 2.40. The second kappa shape index (κ2) is 8.38. The normalized spacial score (nSPS) is 21.2. The number of sulfone groups is 1. The van der Waals surface area contributed by atoms with Gasteiger partial charge >= 0.3 is 0 Å². The van der Waals surface area contributed by atoms with Crippen LogP contribution >= 0.6 is 0 Å². The summed E-state index contributed by atoms with van der Waals surface area (Å²) in [4.78, 5) is 25.6. The highest BCUT2D eigenvalue weighted by atomic mass is 32.2. The maximum atomic E-state index is 13.2. The molecule has 0 saturated heterocycles. The highest BCUT2D eigenvalue weighted by molar-refractivity contribution is 7.91. The summed E-state index contributed by atoms with van der Waals surface area (Å²) in [6.07, 6.45) is 0.805. The molecule has 158 valence electrons. The molecule has 0 saturated carbocycles. The number of allylic oxidation sites excluding steroid dienone is 2. The van der Waals surface area contributed by atoms with E-state index in [2.05, 4.69) is 0 Å². The molecule has 1 aliphatic heterocycles. The molecule has 0 radical (unpaired) electrons.